The summed E-state index contributed by atoms with van der Waals surface area (Å²) in [6.07, 6.45) is 1.27. The van der Waals surface area contributed by atoms with E-state index in [-0.39, 0.29) is 5.69 Å². The molecule has 0 bridgehead atoms. The third-order valence-corrected chi connectivity index (χ3v) is 1.64. The number of hydrogen-bond donors (Lipinski definition) is 1. The van der Waals surface area contributed by atoms with Crippen LogP contribution in [0.25, 0.3) is 0 Å². The molecule has 0 saturated carbocycles. The van der Waals surface area contributed by atoms with Gasteiger partial charge in [0.2, 0.25) is 0 Å². The van der Waals surface area contributed by atoms with Gasteiger partial charge in [-0.15, -0.1) is 0 Å². The summed E-state index contributed by atoms with van der Waals surface area (Å²) in [6.45, 7) is 4.39. The molecule has 0 amide bonds. The van der Waals surface area contributed by atoms with Gasteiger partial charge in [-0.25, -0.2) is 4.98 Å². The van der Waals surface area contributed by atoms with E-state index in [4.69, 9.17) is 0 Å². The SMILES string of the molecule is CCNc1cc(C)c([N+](=O)[O-])cn1. The van der Waals surface area contributed by atoms with Crippen molar-refractivity contribution in [1.29, 1.82) is 0 Å². The molecule has 0 aromatic carbocycles. The molecule has 0 aliphatic rings. The van der Waals surface area contributed by atoms with Crippen LogP contribution in [0.15, 0.2) is 12.3 Å². The molecule has 5 heteroatoms. The van der Waals surface area contributed by atoms with Gasteiger partial charge in [-0.2, -0.15) is 0 Å². The number of nitrogens with one attached hydrogen (secondary N) is 1. The smallest absolute Gasteiger partial charge is 0.290 e. The van der Waals surface area contributed by atoms with Crippen LogP contribution in [-0.4, -0.2) is 16.5 Å². The molecule has 0 radical (unpaired) electrons. The van der Waals surface area contributed by atoms with Crippen molar-refractivity contribution in [2.75, 3.05) is 11.9 Å². The van der Waals surface area contributed by atoms with E-state index in [1.165, 1.54) is 6.20 Å². The predicted molar refractivity (Wildman–Crippen MR) is 49.8 cm³/mol. The number of pyridine rings is 1. The lowest BCUT2D eigenvalue weighted by Crippen LogP contribution is -2.01. The zero-order chi connectivity index (χ0) is 9.84. The Morgan fingerprint density at radius 1 is 1.69 bits per heavy atom. The standard InChI is InChI=1S/C8H11N3O2/c1-3-9-8-4-6(2)7(5-10-8)11(12)13/h4-5H,3H2,1-2H3,(H,9,10). The first-order valence-electron chi connectivity index (χ1n) is 4.00. The Bertz CT molecular complexity index is 325. The Balaban J connectivity index is 2.98. The van der Waals surface area contributed by atoms with Gasteiger partial charge in [0.15, 0.2) is 0 Å². The normalized spacial score (nSPS) is 9.69. The summed E-state index contributed by atoms with van der Waals surface area (Å²) in [6, 6.07) is 1.67. The zero-order valence-corrected chi connectivity index (χ0v) is 7.57. The molecule has 13 heavy (non-hydrogen) atoms. The Morgan fingerprint density at radius 3 is 2.85 bits per heavy atom. The van der Waals surface area contributed by atoms with E-state index in [0.717, 1.165) is 6.54 Å². The van der Waals surface area contributed by atoms with Crippen LogP contribution >= 0.6 is 0 Å². The maximum atomic E-state index is 10.4. The highest BCUT2D eigenvalue weighted by atomic mass is 16.6. The Hall–Kier alpha value is -1.65. The molecule has 0 aliphatic heterocycles. The van der Waals surface area contributed by atoms with Gasteiger partial charge in [-0.1, -0.05) is 0 Å². The molecular formula is C8H11N3O2. The topological polar surface area (TPSA) is 68.1 Å². The van der Waals surface area contributed by atoms with Crippen LogP contribution < -0.4 is 5.32 Å². The van der Waals surface area contributed by atoms with Gasteiger partial charge in [-0.05, 0) is 19.9 Å². The summed E-state index contributed by atoms with van der Waals surface area (Å²) < 4.78 is 0. The summed E-state index contributed by atoms with van der Waals surface area (Å²) in [5.74, 6) is 0.672. The van der Waals surface area contributed by atoms with Crippen molar-refractivity contribution in [1.82, 2.24) is 4.98 Å². The van der Waals surface area contributed by atoms with E-state index >= 15 is 0 Å². The van der Waals surface area contributed by atoms with Crippen molar-refractivity contribution in [2.24, 2.45) is 0 Å². The van der Waals surface area contributed by atoms with Gasteiger partial charge in [0.25, 0.3) is 5.69 Å². The molecule has 0 fully saturated rings. The average Bonchev–Trinajstić information content (AvgIpc) is 2.04. The van der Waals surface area contributed by atoms with Gasteiger partial charge >= 0.3 is 0 Å². The maximum absolute atomic E-state index is 10.4. The lowest BCUT2D eigenvalue weighted by molar-refractivity contribution is -0.385. The number of anilines is 1. The van der Waals surface area contributed by atoms with Crippen LogP contribution in [0.4, 0.5) is 11.5 Å². The highest BCUT2D eigenvalue weighted by Crippen LogP contribution is 2.18. The first-order valence-corrected chi connectivity index (χ1v) is 4.00. The van der Waals surface area contributed by atoms with Gasteiger partial charge in [-0.3, -0.25) is 10.1 Å². The van der Waals surface area contributed by atoms with Gasteiger partial charge in [0.1, 0.15) is 12.0 Å². The second-order valence-corrected chi connectivity index (χ2v) is 2.64. The molecule has 0 spiro atoms. The number of aromatic nitrogens is 1. The summed E-state index contributed by atoms with van der Waals surface area (Å²) in [5.41, 5.74) is 0.678. The van der Waals surface area contributed by atoms with E-state index in [1.54, 1.807) is 13.0 Å². The van der Waals surface area contributed by atoms with Crippen LogP contribution in [0.1, 0.15) is 12.5 Å². The van der Waals surface area contributed by atoms with Crippen molar-refractivity contribution in [3.05, 3.63) is 27.9 Å². The molecule has 0 atom stereocenters. The third kappa shape index (κ3) is 2.14. The summed E-state index contributed by atoms with van der Waals surface area (Å²) in [5, 5.41) is 13.4. The Morgan fingerprint density at radius 2 is 2.38 bits per heavy atom. The second-order valence-electron chi connectivity index (χ2n) is 2.64. The summed E-state index contributed by atoms with van der Waals surface area (Å²) in [7, 11) is 0. The highest BCUT2D eigenvalue weighted by molar-refractivity contribution is 5.46. The van der Waals surface area contributed by atoms with E-state index < -0.39 is 4.92 Å². The molecule has 0 saturated heterocycles. The molecule has 1 rings (SSSR count). The highest BCUT2D eigenvalue weighted by Gasteiger charge is 2.10. The quantitative estimate of drug-likeness (QED) is 0.569. The van der Waals surface area contributed by atoms with Gasteiger partial charge < -0.3 is 5.32 Å². The first kappa shape index (κ1) is 9.44. The minimum Gasteiger partial charge on any atom is -0.370 e. The Labute approximate surface area is 75.9 Å². The molecule has 70 valence electrons. The van der Waals surface area contributed by atoms with Crippen molar-refractivity contribution in [3.8, 4) is 0 Å². The van der Waals surface area contributed by atoms with Crippen molar-refractivity contribution in [2.45, 2.75) is 13.8 Å². The summed E-state index contributed by atoms with van der Waals surface area (Å²) in [4.78, 5) is 13.9. The van der Waals surface area contributed by atoms with Crippen LogP contribution in [0, 0.1) is 17.0 Å². The lowest BCUT2D eigenvalue weighted by atomic mass is 10.2. The zero-order valence-electron chi connectivity index (χ0n) is 7.57. The molecule has 0 aliphatic carbocycles. The molecule has 0 unspecified atom stereocenters. The number of rotatable bonds is 3. The second kappa shape index (κ2) is 3.84. The van der Waals surface area contributed by atoms with Gasteiger partial charge in [0, 0.05) is 12.1 Å². The number of aryl methyl sites for hydroxylation is 1. The predicted octanol–water partition coefficient (Wildman–Crippen LogP) is 1.73. The number of nitro groups is 1. The van der Waals surface area contributed by atoms with Crippen molar-refractivity contribution >= 4 is 11.5 Å². The fourth-order valence-electron chi connectivity index (χ4n) is 1.02. The first-order chi connectivity index (χ1) is 6.15. The van der Waals surface area contributed by atoms with E-state index in [2.05, 4.69) is 10.3 Å². The van der Waals surface area contributed by atoms with Crippen LogP contribution in [0.3, 0.4) is 0 Å². The monoisotopic (exact) mass is 181 g/mol. The molecule has 1 aromatic heterocycles. The van der Waals surface area contributed by atoms with Gasteiger partial charge in [0.05, 0.1) is 4.92 Å². The van der Waals surface area contributed by atoms with E-state index in [1.807, 2.05) is 6.92 Å². The number of nitrogens with zero attached hydrogens (tertiary/aromatic N) is 2. The largest absolute Gasteiger partial charge is 0.370 e. The van der Waals surface area contributed by atoms with Crippen molar-refractivity contribution in [3.63, 3.8) is 0 Å². The van der Waals surface area contributed by atoms with E-state index in [9.17, 15) is 10.1 Å². The minimum atomic E-state index is -0.432. The maximum Gasteiger partial charge on any atom is 0.290 e. The molecule has 1 heterocycles. The molecule has 1 aromatic rings. The van der Waals surface area contributed by atoms with Crippen LogP contribution in [0.2, 0.25) is 0 Å². The van der Waals surface area contributed by atoms with Crippen LogP contribution in [-0.2, 0) is 0 Å². The van der Waals surface area contributed by atoms with Crippen LogP contribution in [0.5, 0.6) is 0 Å². The Kier molecular flexibility index (Phi) is 2.79. The number of hydrogen-bond acceptors (Lipinski definition) is 4. The van der Waals surface area contributed by atoms with E-state index in [0.29, 0.717) is 11.4 Å². The average molecular weight is 181 g/mol. The fourth-order valence-corrected chi connectivity index (χ4v) is 1.02. The molecular weight excluding hydrogens is 170 g/mol. The minimum absolute atomic E-state index is 0.0571. The van der Waals surface area contributed by atoms with Crippen molar-refractivity contribution < 1.29 is 4.92 Å². The summed E-state index contributed by atoms with van der Waals surface area (Å²) >= 11 is 0. The molecule has 5 nitrogen and oxygen atoms in total. The lowest BCUT2D eigenvalue weighted by Gasteiger charge is -2.02. The third-order valence-electron chi connectivity index (χ3n) is 1.64. The fraction of sp³-hybridized carbons (Fsp3) is 0.375. The molecule has 1 N–H and O–H groups in total.